The Morgan fingerprint density at radius 1 is 1.17 bits per heavy atom. The van der Waals surface area contributed by atoms with Gasteiger partial charge in [-0.05, 0) is 31.4 Å². The highest BCUT2D eigenvalue weighted by molar-refractivity contribution is 7.91. The molecule has 0 saturated carbocycles. The first kappa shape index (κ1) is 26.7. The van der Waals surface area contributed by atoms with Crippen LogP contribution in [0, 0.1) is 0 Å². The molecule has 1 amide bonds. The molecule has 0 spiro atoms. The molecule has 1 N–H and O–H groups in total. The SMILES string of the molecule is COCCCS(=O)(=O)c1ccc(/C(=N/N2CCCC2)C(=O)Nc2ncc(CN3CCOCC3)s2)cc1. The van der Waals surface area contributed by atoms with Crippen LogP contribution in [-0.4, -0.2) is 93.8 Å². The Hall–Kier alpha value is -2.38. The normalized spacial score (nSPS) is 17.5. The van der Waals surface area contributed by atoms with Crippen LogP contribution in [0.15, 0.2) is 40.5 Å². The van der Waals surface area contributed by atoms with Crippen LogP contribution in [0.1, 0.15) is 29.7 Å². The maximum Gasteiger partial charge on any atom is 0.278 e. The largest absolute Gasteiger partial charge is 0.385 e. The van der Waals surface area contributed by atoms with Crippen molar-refractivity contribution in [3.8, 4) is 0 Å². The summed E-state index contributed by atoms with van der Waals surface area (Å²) in [7, 11) is -1.88. The van der Waals surface area contributed by atoms with Crippen molar-refractivity contribution in [3.05, 3.63) is 40.9 Å². The number of amides is 1. The second-order valence-electron chi connectivity index (χ2n) is 8.77. The van der Waals surface area contributed by atoms with E-state index in [1.54, 1.807) is 25.4 Å². The van der Waals surface area contributed by atoms with E-state index in [0.717, 1.165) is 63.7 Å². The van der Waals surface area contributed by atoms with Crippen LogP contribution in [0.3, 0.4) is 0 Å². The molecule has 2 aliphatic heterocycles. The third kappa shape index (κ3) is 7.32. The van der Waals surface area contributed by atoms with Crippen LogP contribution in [0.2, 0.25) is 0 Å². The minimum Gasteiger partial charge on any atom is -0.385 e. The first-order valence-corrected chi connectivity index (χ1v) is 14.6. The average molecular weight is 536 g/mol. The van der Waals surface area contributed by atoms with E-state index in [4.69, 9.17) is 9.47 Å². The van der Waals surface area contributed by atoms with Crippen molar-refractivity contribution in [2.24, 2.45) is 5.10 Å². The molecule has 1 aromatic carbocycles. The van der Waals surface area contributed by atoms with Gasteiger partial charge in [-0.2, -0.15) is 5.10 Å². The van der Waals surface area contributed by atoms with E-state index in [-0.39, 0.29) is 22.3 Å². The van der Waals surface area contributed by atoms with E-state index in [0.29, 0.717) is 23.7 Å². The molecule has 10 nitrogen and oxygen atoms in total. The lowest BCUT2D eigenvalue weighted by Gasteiger charge is -2.25. The van der Waals surface area contributed by atoms with Crippen LogP contribution in [0.25, 0.3) is 0 Å². The highest BCUT2D eigenvalue weighted by atomic mass is 32.2. The number of thiazole rings is 1. The van der Waals surface area contributed by atoms with Gasteiger partial charge < -0.3 is 9.47 Å². The number of carbonyl (C=O) groups is 1. The van der Waals surface area contributed by atoms with Gasteiger partial charge in [0.25, 0.3) is 5.91 Å². The highest BCUT2D eigenvalue weighted by Gasteiger charge is 2.21. The monoisotopic (exact) mass is 535 g/mol. The van der Waals surface area contributed by atoms with E-state index in [1.807, 2.05) is 5.01 Å². The number of aromatic nitrogens is 1. The van der Waals surface area contributed by atoms with Crippen LogP contribution in [0.5, 0.6) is 0 Å². The highest BCUT2D eigenvalue weighted by Crippen LogP contribution is 2.22. The Labute approximate surface area is 216 Å². The maximum absolute atomic E-state index is 13.3. The lowest BCUT2D eigenvalue weighted by Crippen LogP contribution is -2.35. The van der Waals surface area contributed by atoms with E-state index in [2.05, 4.69) is 20.3 Å². The predicted molar refractivity (Wildman–Crippen MR) is 139 cm³/mol. The van der Waals surface area contributed by atoms with E-state index < -0.39 is 9.84 Å². The van der Waals surface area contributed by atoms with Gasteiger partial charge in [0, 0.05) is 63.1 Å². The standard InChI is InChI=1S/C24H33N5O5S2/c1-33-13-4-16-36(31,32)21-7-5-19(6-8-21)22(27-29-9-2-3-10-29)23(30)26-24-25-17-20(35-24)18-28-11-14-34-15-12-28/h5-8,17H,2-4,9-16,18H2,1H3,(H,25,26,30)/b27-22-. The predicted octanol–water partition coefficient (Wildman–Crippen LogP) is 2.22. The zero-order valence-corrected chi connectivity index (χ0v) is 22.2. The van der Waals surface area contributed by atoms with Crippen molar-refractivity contribution in [2.45, 2.75) is 30.7 Å². The summed E-state index contributed by atoms with van der Waals surface area (Å²) < 4.78 is 35.6. The molecule has 12 heteroatoms. The van der Waals surface area contributed by atoms with Gasteiger partial charge in [-0.1, -0.05) is 12.1 Å². The van der Waals surface area contributed by atoms with Gasteiger partial charge in [0.1, 0.15) is 0 Å². The zero-order chi connectivity index (χ0) is 25.4. The molecule has 3 heterocycles. The third-order valence-electron chi connectivity index (χ3n) is 6.04. The van der Waals surface area contributed by atoms with Crippen molar-refractivity contribution in [1.29, 1.82) is 0 Å². The molecular formula is C24H33N5O5S2. The minimum absolute atomic E-state index is 0.00618. The number of hydrogen-bond donors (Lipinski definition) is 1. The number of ether oxygens (including phenoxy) is 2. The summed E-state index contributed by atoms with van der Waals surface area (Å²) >= 11 is 1.44. The molecule has 36 heavy (non-hydrogen) atoms. The van der Waals surface area contributed by atoms with Gasteiger partial charge in [0.05, 0.1) is 23.9 Å². The Balaban J connectivity index is 1.48. The smallest absolute Gasteiger partial charge is 0.278 e. The second-order valence-corrected chi connectivity index (χ2v) is 12.0. The van der Waals surface area contributed by atoms with Gasteiger partial charge in [0.2, 0.25) is 0 Å². The van der Waals surface area contributed by atoms with Crippen molar-refractivity contribution in [1.82, 2.24) is 14.9 Å². The molecule has 0 bridgehead atoms. The number of anilines is 1. The van der Waals surface area contributed by atoms with Crippen molar-refractivity contribution < 1.29 is 22.7 Å². The van der Waals surface area contributed by atoms with Gasteiger partial charge in [0.15, 0.2) is 20.7 Å². The van der Waals surface area contributed by atoms with Gasteiger partial charge in [-0.25, -0.2) is 13.4 Å². The number of sulfone groups is 1. The molecule has 0 radical (unpaired) electrons. The van der Waals surface area contributed by atoms with Crippen LogP contribution < -0.4 is 5.32 Å². The fraction of sp³-hybridized carbons (Fsp3) is 0.542. The van der Waals surface area contributed by atoms with Crippen molar-refractivity contribution in [2.75, 3.05) is 64.2 Å². The van der Waals surface area contributed by atoms with Crippen molar-refractivity contribution >= 4 is 37.9 Å². The van der Waals surface area contributed by atoms with Gasteiger partial charge in [-0.3, -0.25) is 20.0 Å². The Kier molecular flexibility index (Phi) is 9.43. The summed E-state index contributed by atoms with van der Waals surface area (Å²) in [5.74, 6) is -0.364. The molecule has 0 unspecified atom stereocenters. The van der Waals surface area contributed by atoms with Crippen LogP contribution >= 0.6 is 11.3 Å². The van der Waals surface area contributed by atoms with E-state index in [9.17, 15) is 13.2 Å². The van der Waals surface area contributed by atoms with Gasteiger partial charge >= 0.3 is 0 Å². The van der Waals surface area contributed by atoms with Crippen LogP contribution in [-0.2, 0) is 30.7 Å². The Morgan fingerprint density at radius 2 is 1.89 bits per heavy atom. The number of carbonyl (C=O) groups excluding carboxylic acids is 1. The number of hydrogen-bond acceptors (Lipinski definition) is 10. The number of nitrogens with zero attached hydrogens (tertiary/aromatic N) is 4. The number of nitrogens with one attached hydrogen (secondary N) is 1. The molecule has 4 rings (SSSR count). The summed E-state index contributed by atoms with van der Waals surface area (Å²) in [6.07, 6.45) is 4.26. The molecule has 0 aliphatic carbocycles. The van der Waals surface area contributed by atoms with Crippen LogP contribution in [0.4, 0.5) is 5.13 Å². The quantitative estimate of drug-likeness (QED) is 0.344. The Bertz CT molecular complexity index is 1140. The Morgan fingerprint density at radius 3 is 2.58 bits per heavy atom. The number of morpholine rings is 1. The molecule has 2 aromatic rings. The number of hydrazone groups is 1. The molecule has 2 fully saturated rings. The first-order chi connectivity index (χ1) is 17.4. The molecule has 1 aromatic heterocycles. The summed E-state index contributed by atoms with van der Waals surface area (Å²) in [6, 6.07) is 6.36. The average Bonchev–Trinajstić information content (AvgIpc) is 3.55. The lowest BCUT2D eigenvalue weighted by atomic mass is 10.1. The minimum atomic E-state index is -3.43. The fourth-order valence-electron chi connectivity index (χ4n) is 4.08. The van der Waals surface area contributed by atoms with Crippen molar-refractivity contribution in [3.63, 3.8) is 0 Å². The summed E-state index contributed by atoms with van der Waals surface area (Å²) in [5, 5.41) is 9.90. The molecule has 196 valence electrons. The number of rotatable bonds is 11. The summed E-state index contributed by atoms with van der Waals surface area (Å²) in [5.41, 5.74) is 0.797. The second kappa shape index (κ2) is 12.7. The molecular weight excluding hydrogens is 502 g/mol. The maximum atomic E-state index is 13.3. The third-order valence-corrected chi connectivity index (χ3v) is 8.76. The number of benzene rings is 1. The van der Waals surface area contributed by atoms with E-state index in [1.165, 1.54) is 23.5 Å². The zero-order valence-electron chi connectivity index (χ0n) is 20.5. The number of methoxy groups -OCH3 is 1. The topological polar surface area (TPSA) is 113 Å². The van der Waals surface area contributed by atoms with E-state index >= 15 is 0 Å². The van der Waals surface area contributed by atoms with Gasteiger partial charge in [-0.15, -0.1) is 11.3 Å². The first-order valence-electron chi connectivity index (χ1n) is 12.2. The molecule has 2 aliphatic rings. The lowest BCUT2D eigenvalue weighted by molar-refractivity contribution is -0.110. The molecule has 0 atom stereocenters. The summed E-state index contributed by atoms with van der Waals surface area (Å²) in [6.45, 7) is 5.93. The summed E-state index contributed by atoms with van der Waals surface area (Å²) in [4.78, 5) is 21.3. The fourth-order valence-corrected chi connectivity index (χ4v) is 6.22. The molecule has 2 saturated heterocycles.